The molecule has 2 heterocycles. The first-order valence-corrected chi connectivity index (χ1v) is 8.48. The summed E-state index contributed by atoms with van der Waals surface area (Å²) < 4.78 is 7.47. The van der Waals surface area contributed by atoms with Crippen molar-refractivity contribution in [2.24, 2.45) is 7.05 Å². The maximum Gasteiger partial charge on any atom is 0.265 e. The van der Waals surface area contributed by atoms with Crippen LogP contribution in [0.4, 0.5) is 5.69 Å². The van der Waals surface area contributed by atoms with Gasteiger partial charge in [-0.15, -0.1) is 11.3 Å². The van der Waals surface area contributed by atoms with Crippen molar-refractivity contribution in [3.05, 3.63) is 63.6 Å². The minimum absolute atomic E-state index is 0.127. The Hall–Kier alpha value is -2.60. The standard InChI is InChI=1S/C18H19N3O2S/c1-12-4-6-15(7-5-12)23-10-14-8-17(24-11-14)18(22)20-16-9-19-21(3)13(16)2/h4-9,11H,10H2,1-3H3,(H,20,22). The third-order valence-corrected chi connectivity index (χ3v) is 4.77. The van der Waals surface area contributed by atoms with Crippen LogP contribution >= 0.6 is 11.3 Å². The molecule has 0 aliphatic rings. The van der Waals surface area contributed by atoms with E-state index in [-0.39, 0.29) is 5.91 Å². The number of aromatic nitrogens is 2. The molecule has 24 heavy (non-hydrogen) atoms. The Morgan fingerprint density at radius 2 is 2.04 bits per heavy atom. The van der Waals surface area contributed by atoms with Gasteiger partial charge in [0.05, 0.1) is 22.5 Å². The highest BCUT2D eigenvalue weighted by molar-refractivity contribution is 7.12. The lowest BCUT2D eigenvalue weighted by molar-refractivity contribution is 0.103. The van der Waals surface area contributed by atoms with Gasteiger partial charge in [0.25, 0.3) is 5.91 Å². The molecule has 0 unspecified atom stereocenters. The Balaban J connectivity index is 1.61. The number of carbonyl (C=O) groups is 1. The summed E-state index contributed by atoms with van der Waals surface area (Å²) in [5.74, 6) is 0.696. The minimum atomic E-state index is -0.127. The molecule has 1 amide bonds. The van der Waals surface area contributed by atoms with Crippen molar-refractivity contribution in [1.29, 1.82) is 0 Å². The summed E-state index contributed by atoms with van der Waals surface area (Å²) in [7, 11) is 1.84. The number of nitrogens with zero attached hydrogens (tertiary/aromatic N) is 2. The Bertz CT molecular complexity index is 850. The molecule has 2 aromatic heterocycles. The Labute approximate surface area is 144 Å². The second-order valence-electron chi connectivity index (χ2n) is 5.64. The van der Waals surface area contributed by atoms with Crippen molar-refractivity contribution in [3.63, 3.8) is 0 Å². The number of hydrogen-bond donors (Lipinski definition) is 1. The molecule has 0 atom stereocenters. The van der Waals surface area contributed by atoms with E-state index < -0.39 is 0 Å². The lowest BCUT2D eigenvalue weighted by Gasteiger charge is -2.04. The predicted octanol–water partition coefficient (Wildman–Crippen LogP) is 3.93. The molecule has 124 valence electrons. The molecule has 3 aromatic rings. The molecule has 1 aromatic carbocycles. The third kappa shape index (κ3) is 3.65. The summed E-state index contributed by atoms with van der Waals surface area (Å²) in [5, 5.41) is 8.95. The van der Waals surface area contributed by atoms with E-state index in [0.717, 1.165) is 22.7 Å². The van der Waals surface area contributed by atoms with E-state index in [0.29, 0.717) is 11.5 Å². The van der Waals surface area contributed by atoms with Gasteiger partial charge < -0.3 is 10.1 Å². The Kier molecular flexibility index (Phi) is 4.66. The lowest BCUT2D eigenvalue weighted by Crippen LogP contribution is -2.10. The average molecular weight is 341 g/mol. The topological polar surface area (TPSA) is 56.1 Å². The first-order chi connectivity index (χ1) is 11.5. The highest BCUT2D eigenvalue weighted by atomic mass is 32.1. The molecule has 5 nitrogen and oxygen atoms in total. The van der Waals surface area contributed by atoms with Gasteiger partial charge in [0.15, 0.2) is 0 Å². The van der Waals surface area contributed by atoms with Gasteiger partial charge in [0.1, 0.15) is 12.4 Å². The smallest absolute Gasteiger partial charge is 0.265 e. The maximum absolute atomic E-state index is 12.3. The highest BCUT2D eigenvalue weighted by Crippen LogP contribution is 2.20. The predicted molar refractivity (Wildman–Crippen MR) is 95.7 cm³/mol. The molecule has 0 spiro atoms. The van der Waals surface area contributed by atoms with Crippen LogP contribution in [0, 0.1) is 13.8 Å². The van der Waals surface area contributed by atoms with Crippen LogP contribution in [-0.2, 0) is 13.7 Å². The number of carbonyl (C=O) groups excluding carboxylic acids is 1. The van der Waals surface area contributed by atoms with E-state index in [1.165, 1.54) is 16.9 Å². The molecule has 0 aliphatic carbocycles. The fraction of sp³-hybridized carbons (Fsp3) is 0.222. The first kappa shape index (κ1) is 16.3. The minimum Gasteiger partial charge on any atom is -0.489 e. The second-order valence-corrected chi connectivity index (χ2v) is 6.55. The number of rotatable bonds is 5. The van der Waals surface area contributed by atoms with E-state index in [2.05, 4.69) is 10.4 Å². The van der Waals surface area contributed by atoms with E-state index in [1.54, 1.807) is 10.9 Å². The molecular formula is C18H19N3O2S. The fourth-order valence-electron chi connectivity index (χ4n) is 2.18. The molecule has 0 fully saturated rings. The summed E-state index contributed by atoms with van der Waals surface area (Å²) in [6, 6.07) is 9.77. The van der Waals surface area contributed by atoms with E-state index in [4.69, 9.17) is 4.74 Å². The summed E-state index contributed by atoms with van der Waals surface area (Å²) in [6.45, 7) is 4.40. The van der Waals surface area contributed by atoms with Crippen LogP contribution in [0.15, 0.2) is 41.9 Å². The Morgan fingerprint density at radius 3 is 2.71 bits per heavy atom. The molecule has 0 radical (unpaired) electrons. The van der Waals surface area contributed by atoms with Crippen LogP contribution in [0.5, 0.6) is 5.75 Å². The summed E-state index contributed by atoms with van der Waals surface area (Å²) >= 11 is 1.41. The zero-order valence-electron chi connectivity index (χ0n) is 13.9. The van der Waals surface area contributed by atoms with Gasteiger partial charge in [-0.3, -0.25) is 9.48 Å². The van der Waals surface area contributed by atoms with Gasteiger partial charge >= 0.3 is 0 Å². The number of benzene rings is 1. The van der Waals surface area contributed by atoms with Crippen LogP contribution in [0.1, 0.15) is 26.5 Å². The van der Waals surface area contributed by atoms with E-state index >= 15 is 0 Å². The number of ether oxygens (including phenoxy) is 1. The molecule has 0 bridgehead atoms. The molecule has 3 rings (SSSR count). The fourth-order valence-corrected chi connectivity index (χ4v) is 2.97. The van der Waals surface area contributed by atoms with Gasteiger partial charge in [-0.1, -0.05) is 17.7 Å². The van der Waals surface area contributed by atoms with Crippen molar-refractivity contribution in [2.45, 2.75) is 20.5 Å². The lowest BCUT2D eigenvalue weighted by atomic mass is 10.2. The summed E-state index contributed by atoms with van der Waals surface area (Å²) in [5.41, 5.74) is 3.83. The van der Waals surface area contributed by atoms with Crippen LogP contribution in [0.2, 0.25) is 0 Å². The molecule has 6 heteroatoms. The molecule has 0 saturated carbocycles. The SMILES string of the molecule is Cc1ccc(OCc2csc(C(=O)Nc3cnn(C)c3C)c2)cc1. The van der Waals surface area contributed by atoms with Gasteiger partial charge in [-0.2, -0.15) is 5.10 Å². The first-order valence-electron chi connectivity index (χ1n) is 7.60. The highest BCUT2D eigenvalue weighted by Gasteiger charge is 2.12. The van der Waals surface area contributed by atoms with Gasteiger partial charge in [-0.05, 0) is 37.4 Å². The van der Waals surface area contributed by atoms with Crippen molar-refractivity contribution in [3.8, 4) is 5.75 Å². The van der Waals surface area contributed by atoms with Crippen molar-refractivity contribution in [2.75, 3.05) is 5.32 Å². The number of anilines is 1. The number of amides is 1. The molecular weight excluding hydrogens is 322 g/mol. The molecule has 1 N–H and O–H groups in total. The van der Waals surface area contributed by atoms with Crippen LogP contribution in [0.25, 0.3) is 0 Å². The average Bonchev–Trinajstić information content (AvgIpc) is 3.17. The Morgan fingerprint density at radius 1 is 1.29 bits per heavy atom. The normalized spacial score (nSPS) is 10.6. The number of nitrogens with one attached hydrogen (secondary N) is 1. The largest absolute Gasteiger partial charge is 0.489 e. The monoisotopic (exact) mass is 341 g/mol. The third-order valence-electron chi connectivity index (χ3n) is 3.79. The zero-order chi connectivity index (χ0) is 17.1. The quantitative estimate of drug-likeness (QED) is 0.765. The van der Waals surface area contributed by atoms with Crippen LogP contribution in [0.3, 0.4) is 0 Å². The number of hydrogen-bond acceptors (Lipinski definition) is 4. The second kappa shape index (κ2) is 6.88. The van der Waals surface area contributed by atoms with E-state index in [1.807, 2.05) is 56.6 Å². The van der Waals surface area contributed by atoms with Crippen molar-refractivity contribution in [1.82, 2.24) is 9.78 Å². The summed E-state index contributed by atoms with van der Waals surface area (Å²) in [6.07, 6.45) is 1.66. The van der Waals surface area contributed by atoms with Crippen molar-refractivity contribution >= 4 is 22.9 Å². The van der Waals surface area contributed by atoms with Gasteiger partial charge in [0.2, 0.25) is 0 Å². The van der Waals surface area contributed by atoms with Crippen molar-refractivity contribution < 1.29 is 9.53 Å². The van der Waals surface area contributed by atoms with Crippen LogP contribution in [-0.4, -0.2) is 15.7 Å². The molecule has 0 saturated heterocycles. The van der Waals surface area contributed by atoms with Crippen LogP contribution < -0.4 is 10.1 Å². The maximum atomic E-state index is 12.3. The van der Waals surface area contributed by atoms with Gasteiger partial charge in [0, 0.05) is 12.6 Å². The molecule has 0 aliphatic heterocycles. The zero-order valence-corrected chi connectivity index (χ0v) is 14.7. The van der Waals surface area contributed by atoms with Gasteiger partial charge in [-0.25, -0.2) is 0 Å². The van der Waals surface area contributed by atoms with E-state index in [9.17, 15) is 4.79 Å². The number of aryl methyl sites for hydroxylation is 2. The summed E-state index contributed by atoms with van der Waals surface area (Å²) in [4.78, 5) is 13.0. The number of thiophene rings is 1.